The molecule has 0 aromatic heterocycles. The highest BCUT2D eigenvalue weighted by molar-refractivity contribution is 5.66. The van der Waals surface area contributed by atoms with Crippen molar-refractivity contribution in [3.8, 4) is 0 Å². The fourth-order valence-electron chi connectivity index (χ4n) is 2.24. The minimum absolute atomic E-state index is 0.127. The standard InChI is InChI=1S/C9H16N2O2/c1-10-9(12)13-8-6-11-4-2-7(8)3-5-11/h7-8H,2-6H2,1H3,(H,10,12)/t8-/m0/s1. The van der Waals surface area contributed by atoms with Gasteiger partial charge in [0.2, 0.25) is 0 Å². The van der Waals surface area contributed by atoms with Crippen molar-refractivity contribution < 1.29 is 9.53 Å². The first-order valence-electron chi connectivity index (χ1n) is 4.90. The van der Waals surface area contributed by atoms with Crippen molar-refractivity contribution in [2.45, 2.75) is 18.9 Å². The molecule has 13 heavy (non-hydrogen) atoms. The van der Waals surface area contributed by atoms with Gasteiger partial charge < -0.3 is 10.1 Å². The van der Waals surface area contributed by atoms with Gasteiger partial charge in [-0.3, -0.25) is 4.90 Å². The zero-order chi connectivity index (χ0) is 9.26. The highest BCUT2D eigenvalue weighted by Gasteiger charge is 2.36. The average molecular weight is 184 g/mol. The summed E-state index contributed by atoms with van der Waals surface area (Å²) < 4.78 is 5.28. The van der Waals surface area contributed by atoms with Gasteiger partial charge in [0, 0.05) is 13.6 Å². The molecule has 0 aromatic carbocycles. The molecule has 4 nitrogen and oxygen atoms in total. The molecule has 1 atom stereocenters. The Kier molecular flexibility index (Phi) is 2.40. The van der Waals surface area contributed by atoms with E-state index in [0.29, 0.717) is 5.92 Å². The molecule has 3 saturated heterocycles. The van der Waals surface area contributed by atoms with Gasteiger partial charge in [0.05, 0.1) is 0 Å². The number of carbonyl (C=O) groups excluding carboxylic acids is 1. The van der Waals surface area contributed by atoms with E-state index in [2.05, 4.69) is 10.2 Å². The molecule has 3 fully saturated rings. The van der Waals surface area contributed by atoms with Crippen molar-refractivity contribution in [2.75, 3.05) is 26.7 Å². The SMILES string of the molecule is CNC(=O)O[C@H]1CN2CCC1CC2. The van der Waals surface area contributed by atoms with Crippen LogP contribution in [0.5, 0.6) is 0 Å². The highest BCUT2D eigenvalue weighted by atomic mass is 16.6. The van der Waals surface area contributed by atoms with Crippen LogP contribution in [0.25, 0.3) is 0 Å². The van der Waals surface area contributed by atoms with Gasteiger partial charge in [-0.25, -0.2) is 4.79 Å². The molecule has 3 heterocycles. The van der Waals surface area contributed by atoms with Gasteiger partial charge in [0.1, 0.15) is 6.10 Å². The van der Waals surface area contributed by atoms with Crippen LogP contribution >= 0.6 is 0 Å². The summed E-state index contributed by atoms with van der Waals surface area (Å²) in [5.41, 5.74) is 0. The van der Waals surface area contributed by atoms with Crippen LogP contribution in [0.15, 0.2) is 0 Å². The third-order valence-electron chi connectivity index (χ3n) is 3.06. The van der Waals surface area contributed by atoms with Crippen molar-refractivity contribution in [3.05, 3.63) is 0 Å². The van der Waals surface area contributed by atoms with E-state index in [9.17, 15) is 4.79 Å². The normalized spacial score (nSPS) is 37.2. The number of amides is 1. The van der Waals surface area contributed by atoms with Crippen LogP contribution in [-0.2, 0) is 4.74 Å². The molecule has 3 aliphatic heterocycles. The molecule has 0 aliphatic carbocycles. The Hall–Kier alpha value is -0.770. The number of rotatable bonds is 1. The van der Waals surface area contributed by atoms with E-state index in [1.54, 1.807) is 7.05 Å². The largest absolute Gasteiger partial charge is 0.445 e. The van der Waals surface area contributed by atoms with Crippen molar-refractivity contribution in [1.29, 1.82) is 0 Å². The smallest absolute Gasteiger partial charge is 0.407 e. The van der Waals surface area contributed by atoms with E-state index >= 15 is 0 Å². The van der Waals surface area contributed by atoms with Gasteiger partial charge >= 0.3 is 6.09 Å². The minimum atomic E-state index is -0.293. The topological polar surface area (TPSA) is 41.6 Å². The van der Waals surface area contributed by atoms with Crippen LogP contribution in [0.2, 0.25) is 0 Å². The lowest BCUT2D eigenvalue weighted by Gasteiger charge is -2.43. The summed E-state index contributed by atoms with van der Waals surface area (Å²) in [4.78, 5) is 13.4. The number of ether oxygens (including phenoxy) is 1. The Balaban J connectivity index is 1.90. The number of carbonyl (C=O) groups is 1. The van der Waals surface area contributed by atoms with E-state index in [0.717, 1.165) is 6.54 Å². The molecule has 2 bridgehead atoms. The van der Waals surface area contributed by atoms with Crippen LogP contribution < -0.4 is 5.32 Å². The van der Waals surface area contributed by atoms with Crippen molar-refractivity contribution in [1.82, 2.24) is 10.2 Å². The molecule has 0 radical (unpaired) electrons. The summed E-state index contributed by atoms with van der Waals surface area (Å²) in [5.74, 6) is 0.599. The molecule has 4 heteroatoms. The maximum absolute atomic E-state index is 11.0. The number of hydrogen-bond donors (Lipinski definition) is 1. The fraction of sp³-hybridized carbons (Fsp3) is 0.889. The van der Waals surface area contributed by atoms with E-state index in [4.69, 9.17) is 4.74 Å². The molecule has 3 rings (SSSR count). The third-order valence-corrected chi connectivity index (χ3v) is 3.06. The second-order valence-corrected chi connectivity index (χ2v) is 3.83. The van der Waals surface area contributed by atoms with Gasteiger partial charge in [-0.05, 0) is 31.8 Å². The quantitative estimate of drug-likeness (QED) is 0.643. The number of hydrogen-bond acceptors (Lipinski definition) is 3. The maximum Gasteiger partial charge on any atom is 0.407 e. The van der Waals surface area contributed by atoms with Crippen LogP contribution in [0, 0.1) is 5.92 Å². The summed E-state index contributed by atoms with van der Waals surface area (Å²) in [6, 6.07) is 0. The lowest BCUT2D eigenvalue weighted by atomic mass is 9.86. The summed E-state index contributed by atoms with van der Waals surface area (Å²) >= 11 is 0. The molecule has 0 spiro atoms. The first kappa shape index (κ1) is 8.81. The van der Waals surface area contributed by atoms with E-state index in [1.165, 1.54) is 25.9 Å². The van der Waals surface area contributed by atoms with Gasteiger partial charge in [-0.1, -0.05) is 0 Å². The third kappa shape index (κ3) is 1.77. The maximum atomic E-state index is 11.0. The second-order valence-electron chi connectivity index (χ2n) is 3.83. The Labute approximate surface area is 78.2 Å². The number of piperidine rings is 3. The second kappa shape index (κ2) is 3.54. The fourth-order valence-corrected chi connectivity index (χ4v) is 2.24. The van der Waals surface area contributed by atoms with Crippen molar-refractivity contribution in [3.63, 3.8) is 0 Å². The molecule has 1 amide bonds. The lowest BCUT2D eigenvalue weighted by molar-refractivity contribution is -0.0326. The monoisotopic (exact) mass is 184 g/mol. The first-order valence-corrected chi connectivity index (χ1v) is 4.90. The minimum Gasteiger partial charge on any atom is -0.445 e. The van der Waals surface area contributed by atoms with Crippen LogP contribution in [0.1, 0.15) is 12.8 Å². The van der Waals surface area contributed by atoms with Gasteiger partial charge in [-0.15, -0.1) is 0 Å². The predicted octanol–water partition coefficient (Wildman–Crippen LogP) is 0.437. The average Bonchev–Trinajstić information content (AvgIpc) is 2.19. The number of nitrogens with zero attached hydrogens (tertiary/aromatic N) is 1. The van der Waals surface area contributed by atoms with Crippen LogP contribution in [0.3, 0.4) is 0 Å². The lowest BCUT2D eigenvalue weighted by Crippen LogP contribution is -2.52. The number of fused-ring (bicyclic) bond motifs is 3. The van der Waals surface area contributed by atoms with Crippen LogP contribution in [0.4, 0.5) is 4.79 Å². The molecular weight excluding hydrogens is 168 g/mol. The Morgan fingerprint density at radius 1 is 1.46 bits per heavy atom. The Morgan fingerprint density at radius 3 is 2.62 bits per heavy atom. The Morgan fingerprint density at radius 2 is 2.15 bits per heavy atom. The van der Waals surface area contributed by atoms with Crippen molar-refractivity contribution >= 4 is 6.09 Å². The predicted molar refractivity (Wildman–Crippen MR) is 48.5 cm³/mol. The van der Waals surface area contributed by atoms with Gasteiger partial charge in [0.15, 0.2) is 0 Å². The first-order chi connectivity index (χ1) is 6.29. The number of alkyl carbamates (subject to hydrolysis) is 1. The van der Waals surface area contributed by atoms with Crippen molar-refractivity contribution in [2.24, 2.45) is 5.92 Å². The molecular formula is C9H16N2O2. The zero-order valence-corrected chi connectivity index (χ0v) is 7.95. The van der Waals surface area contributed by atoms with E-state index in [1.807, 2.05) is 0 Å². The summed E-state index contributed by atoms with van der Waals surface area (Å²) in [6.45, 7) is 3.29. The summed E-state index contributed by atoms with van der Waals surface area (Å²) in [6.07, 6.45) is 2.20. The molecule has 1 N–H and O–H groups in total. The highest BCUT2D eigenvalue weighted by Crippen LogP contribution is 2.29. The van der Waals surface area contributed by atoms with Gasteiger partial charge in [0.25, 0.3) is 0 Å². The molecule has 0 saturated carbocycles. The Bertz CT molecular complexity index is 200. The van der Waals surface area contributed by atoms with Crippen LogP contribution in [-0.4, -0.2) is 43.8 Å². The molecule has 0 aromatic rings. The number of nitrogens with one attached hydrogen (secondary N) is 1. The zero-order valence-electron chi connectivity index (χ0n) is 7.95. The summed E-state index contributed by atoms with van der Waals surface area (Å²) in [7, 11) is 1.60. The molecule has 74 valence electrons. The van der Waals surface area contributed by atoms with Gasteiger partial charge in [-0.2, -0.15) is 0 Å². The van der Waals surface area contributed by atoms with E-state index < -0.39 is 0 Å². The van der Waals surface area contributed by atoms with E-state index in [-0.39, 0.29) is 12.2 Å². The molecule has 0 unspecified atom stereocenters. The summed E-state index contributed by atoms with van der Waals surface area (Å²) in [5, 5.41) is 2.49. The molecule has 3 aliphatic rings.